The zero-order valence-electron chi connectivity index (χ0n) is 4.73. The molecule has 0 aromatic rings. The quantitative estimate of drug-likeness (QED) is 0.658. The van der Waals surface area contributed by atoms with Crippen LogP contribution in [-0.4, -0.2) is 20.1 Å². The van der Waals surface area contributed by atoms with Gasteiger partial charge >= 0.3 is 0 Å². The maximum atomic E-state index is 10.1. The Bertz CT molecular complexity index is 67.5. The number of nitrogens with one attached hydrogen (secondary N) is 2. The summed E-state index contributed by atoms with van der Waals surface area (Å²) in [4.78, 5) is 10.1. The smallest absolute Gasteiger partial charge is 0.163 e. The Morgan fingerprint density at radius 2 is 2.12 bits per heavy atom. The summed E-state index contributed by atoms with van der Waals surface area (Å²) in [6, 6.07) is -0.359. The van der Waals surface area contributed by atoms with Crippen molar-refractivity contribution in [3.05, 3.63) is 5.32 Å². The number of carbonyl (C=O) groups excluding carboxylic acids is 1. The Balaban J connectivity index is 0. The van der Waals surface area contributed by atoms with Gasteiger partial charge in [-0.2, -0.15) is 0 Å². The Morgan fingerprint density at radius 1 is 1.62 bits per heavy atom. The molecule has 0 saturated heterocycles. The van der Waals surface area contributed by atoms with E-state index in [1.54, 1.807) is 7.05 Å². The van der Waals surface area contributed by atoms with Crippen LogP contribution in [0.25, 0.3) is 5.32 Å². The van der Waals surface area contributed by atoms with Crippen molar-refractivity contribution in [3.8, 4) is 0 Å². The molecule has 0 aromatic heterocycles. The summed E-state index contributed by atoms with van der Waals surface area (Å²) in [6.45, 7) is 0. The minimum Gasteiger partial charge on any atom is -0.433 e. The zero-order valence-corrected chi connectivity index (χ0v) is 7.45. The monoisotopic (exact) mass is 289 g/mol. The van der Waals surface area contributed by atoms with E-state index in [0.29, 0.717) is 0 Å². The van der Waals surface area contributed by atoms with Crippen molar-refractivity contribution in [2.75, 3.05) is 14.1 Å². The van der Waals surface area contributed by atoms with E-state index in [1.807, 2.05) is 0 Å². The van der Waals surface area contributed by atoms with Crippen LogP contribution < -0.4 is 10.9 Å². The molecular weight excluding hydrogens is 280 g/mol. The Hall–Kier alpha value is -0.108. The predicted octanol–water partition coefficient (Wildman–Crippen LogP) is -0.169. The van der Waals surface area contributed by atoms with Gasteiger partial charge in [0.2, 0.25) is 0 Å². The fourth-order valence-corrected chi connectivity index (χ4v) is 0.163. The largest absolute Gasteiger partial charge is 0.433 e. The molecule has 0 aromatic carbocycles. The second-order valence-electron chi connectivity index (χ2n) is 0.904. The van der Waals surface area contributed by atoms with Crippen molar-refractivity contribution in [1.82, 2.24) is 10.9 Å². The molecule has 0 fully saturated rings. The summed E-state index contributed by atoms with van der Waals surface area (Å²) in [5.74, 6) is 0. The zero-order chi connectivity index (χ0) is 5.70. The number of hydrazine groups is 1. The minimum atomic E-state index is -0.359. The normalized spacial score (nSPS) is 6.75. The van der Waals surface area contributed by atoms with Crippen molar-refractivity contribution in [1.29, 1.82) is 0 Å². The standard InChI is InChI=1S/C3H9N3O.Re/c1-4-3(7)6-5-2;/h5H,1-2H3,(H2,4,6,7);/p-1. The van der Waals surface area contributed by atoms with Crippen LogP contribution in [-0.2, 0) is 20.4 Å². The fourth-order valence-electron chi connectivity index (χ4n) is 0.163. The van der Waals surface area contributed by atoms with E-state index in [4.69, 9.17) is 0 Å². The molecule has 2 N–H and O–H groups in total. The number of carbonyl (C=O) groups is 1. The molecule has 2 amide bonds. The molecule has 0 bridgehead atoms. The summed E-state index contributed by atoms with van der Waals surface area (Å²) in [5, 5.41) is 3.27. The average Bonchev–Trinajstić information content (AvgIpc) is 1.68. The average molecular weight is 288 g/mol. The van der Waals surface area contributed by atoms with Crippen LogP contribution in [0.5, 0.6) is 0 Å². The van der Waals surface area contributed by atoms with Crippen molar-refractivity contribution >= 4 is 6.03 Å². The van der Waals surface area contributed by atoms with Gasteiger partial charge in [0, 0.05) is 20.4 Å². The third kappa shape index (κ3) is 5.89. The van der Waals surface area contributed by atoms with Gasteiger partial charge in [-0.15, -0.1) is 0 Å². The molecule has 0 spiro atoms. The van der Waals surface area contributed by atoms with E-state index in [9.17, 15) is 4.79 Å². The molecule has 0 aliphatic carbocycles. The molecule has 0 unspecified atom stereocenters. The molecule has 4 nitrogen and oxygen atoms in total. The maximum absolute atomic E-state index is 10.1. The van der Waals surface area contributed by atoms with Crippen LogP contribution in [0, 0.1) is 0 Å². The number of hydrogen-bond acceptors (Lipinski definition) is 2. The molecule has 1 radical (unpaired) electrons. The second-order valence-corrected chi connectivity index (χ2v) is 0.904. The van der Waals surface area contributed by atoms with E-state index in [0.717, 1.165) is 0 Å². The Morgan fingerprint density at radius 3 is 2.25 bits per heavy atom. The number of hydrogen-bond donors (Lipinski definition) is 2. The first-order valence-electron chi connectivity index (χ1n) is 1.87. The van der Waals surface area contributed by atoms with Crippen molar-refractivity contribution < 1.29 is 25.2 Å². The molecule has 49 valence electrons. The topological polar surface area (TPSA) is 55.2 Å². The van der Waals surface area contributed by atoms with Crippen LogP contribution in [0.1, 0.15) is 0 Å². The summed E-state index contributed by atoms with van der Waals surface area (Å²) in [5.41, 5.74) is 4.66. The molecule has 0 atom stereocenters. The first-order valence-corrected chi connectivity index (χ1v) is 1.87. The van der Waals surface area contributed by atoms with E-state index >= 15 is 0 Å². The first-order chi connectivity index (χ1) is 3.31. The van der Waals surface area contributed by atoms with Crippen molar-refractivity contribution in [2.45, 2.75) is 0 Å². The van der Waals surface area contributed by atoms with Gasteiger partial charge in [0.15, 0.2) is 6.03 Å². The van der Waals surface area contributed by atoms with Crippen molar-refractivity contribution in [3.63, 3.8) is 0 Å². The Kier molecular flexibility index (Phi) is 9.30. The molecular formula is C3H8N3ORe-. The molecule has 5 heteroatoms. The van der Waals surface area contributed by atoms with E-state index < -0.39 is 0 Å². The van der Waals surface area contributed by atoms with Gasteiger partial charge < -0.3 is 16.2 Å². The van der Waals surface area contributed by atoms with Gasteiger partial charge in [0.05, 0.1) is 0 Å². The van der Waals surface area contributed by atoms with Crippen LogP contribution in [0.2, 0.25) is 0 Å². The fraction of sp³-hybridized carbons (Fsp3) is 0.667. The number of nitrogens with zero attached hydrogens (tertiary/aromatic N) is 1. The third-order valence-corrected chi connectivity index (χ3v) is 0.435. The van der Waals surface area contributed by atoms with Gasteiger partial charge in [-0.1, -0.05) is 7.05 Å². The summed E-state index contributed by atoms with van der Waals surface area (Å²) < 4.78 is 0. The molecule has 0 heterocycles. The summed E-state index contributed by atoms with van der Waals surface area (Å²) in [6.07, 6.45) is 0. The van der Waals surface area contributed by atoms with Crippen LogP contribution >= 0.6 is 0 Å². The summed E-state index contributed by atoms with van der Waals surface area (Å²) >= 11 is 0. The van der Waals surface area contributed by atoms with Gasteiger partial charge in [-0.3, -0.25) is 4.79 Å². The number of urea groups is 1. The molecule has 0 rings (SSSR count). The van der Waals surface area contributed by atoms with Gasteiger partial charge in [-0.05, 0) is 7.05 Å². The molecule has 8 heavy (non-hydrogen) atoms. The van der Waals surface area contributed by atoms with Crippen LogP contribution in [0.15, 0.2) is 0 Å². The molecule has 0 aliphatic rings. The summed E-state index contributed by atoms with van der Waals surface area (Å²) in [7, 11) is 3.02. The predicted molar refractivity (Wildman–Crippen MR) is 26.9 cm³/mol. The van der Waals surface area contributed by atoms with E-state index in [2.05, 4.69) is 16.2 Å². The van der Waals surface area contributed by atoms with Gasteiger partial charge in [0.25, 0.3) is 0 Å². The SMILES string of the molecule is C[N-]C(=O)NNC.[Re]. The first kappa shape index (κ1) is 10.8. The third-order valence-electron chi connectivity index (χ3n) is 0.435. The number of amides is 2. The van der Waals surface area contributed by atoms with Crippen LogP contribution in [0.3, 0.4) is 0 Å². The van der Waals surface area contributed by atoms with Gasteiger partial charge in [0.1, 0.15) is 0 Å². The van der Waals surface area contributed by atoms with E-state index in [-0.39, 0.29) is 26.5 Å². The second kappa shape index (κ2) is 6.89. The number of rotatable bonds is 1. The van der Waals surface area contributed by atoms with Crippen LogP contribution in [0.4, 0.5) is 4.79 Å². The van der Waals surface area contributed by atoms with Crippen molar-refractivity contribution in [2.24, 2.45) is 0 Å². The Labute approximate surface area is 62.0 Å². The van der Waals surface area contributed by atoms with Gasteiger partial charge in [-0.25, -0.2) is 0 Å². The van der Waals surface area contributed by atoms with E-state index in [1.165, 1.54) is 7.05 Å². The minimum absolute atomic E-state index is 0. The molecule has 0 saturated carbocycles. The molecule has 0 aliphatic heterocycles. The maximum Gasteiger partial charge on any atom is 0.163 e.